The lowest BCUT2D eigenvalue weighted by Gasteiger charge is -2.05. The number of amides is 1. The fourth-order valence-electron chi connectivity index (χ4n) is 0.790. The molecule has 0 saturated heterocycles. The SMILES string of the molecule is Nc1ccc(F)c(NC(=O)O)c1F. The monoisotopic (exact) mass is 188 g/mol. The maximum Gasteiger partial charge on any atom is 0.409 e. The first kappa shape index (κ1) is 9.24. The Hall–Kier alpha value is -1.85. The highest BCUT2D eigenvalue weighted by atomic mass is 19.1. The van der Waals surface area contributed by atoms with Crippen molar-refractivity contribution in [1.82, 2.24) is 0 Å². The Morgan fingerprint density at radius 2 is 2.08 bits per heavy atom. The number of nitrogens with two attached hydrogens (primary N) is 1. The molecular formula is C7H6F2N2O2. The molecule has 0 atom stereocenters. The van der Waals surface area contributed by atoms with Crippen LogP contribution >= 0.6 is 0 Å². The number of hydrogen-bond acceptors (Lipinski definition) is 2. The van der Waals surface area contributed by atoms with E-state index >= 15 is 0 Å². The summed E-state index contributed by atoms with van der Waals surface area (Å²) >= 11 is 0. The average molecular weight is 188 g/mol. The van der Waals surface area contributed by atoms with Crippen molar-refractivity contribution in [2.75, 3.05) is 11.1 Å². The number of carboxylic acid groups (broad SMARTS) is 1. The molecule has 13 heavy (non-hydrogen) atoms. The Morgan fingerprint density at radius 1 is 1.46 bits per heavy atom. The smallest absolute Gasteiger partial charge is 0.409 e. The summed E-state index contributed by atoms with van der Waals surface area (Å²) in [6.45, 7) is 0. The first-order valence-corrected chi connectivity index (χ1v) is 3.26. The molecule has 4 nitrogen and oxygen atoms in total. The zero-order valence-electron chi connectivity index (χ0n) is 6.34. The van der Waals surface area contributed by atoms with E-state index < -0.39 is 23.4 Å². The molecule has 6 heteroatoms. The summed E-state index contributed by atoms with van der Waals surface area (Å²) in [6, 6.07) is 1.89. The Bertz CT molecular complexity index is 355. The Labute approximate surface area is 72.0 Å². The van der Waals surface area contributed by atoms with E-state index in [0.29, 0.717) is 0 Å². The number of anilines is 2. The summed E-state index contributed by atoms with van der Waals surface area (Å²) in [4.78, 5) is 10.1. The van der Waals surface area contributed by atoms with E-state index in [2.05, 4.69) is 0 Å². The van der Waals surface area contributed by atoms with Gasteiger partial charge in [-0.3, -0.25) is 5.32 Å². The first-order valence-electron chi connectivity index (χ1n) is 3.26. The summed E-state index contributed by atoms with van der Waals surface area (Å²) in [5.74, 6) is -2.11. The fraction of sp³-hybridized carbons (Fsp3) is 0. The first-order chi connectivity index (χ1) is 6.02. The topological polar surface area (TPSA) is 75.3 Å². The van der Waals surface area contributed by atoms with Crippen molar-refractivity contribution in [2.24, 2.45) is 0 Å². The molecule has 0 bridgehead atoms. The van der Waals surface area contributed by atoms with Crippen molar-refractivity contribution < 1.29 is 18.7 Å². The lowest BCUT2D eigenvalue weighted by molar-refractivity contribution is 0.209. The van der Waals surface area contributed by atoms with E-state index in [0.717, 1.165) is 12.1 Å². The minimum atomic E-state index is -1.55. The van der Waals surface area contributed by atoms with Gasteiger partial charge in [-0.25, -0.2) is 13.6 Å². The molecule has 70 valence electrons. The third-order valence-electron chi connectivity index (χ3n) is 1.35. The standard InChI is InChI=1S/C7H6F2N2O2/c8-3-1-2-4(10)5(9)6(3)11-7(12)13/h1-2,11H,10H2,(H,12,13). The Morgan fingerprint density at radius 3 is 2.62 bits per heavy atom. The molecule has 0 unspecified atom stereocenters. The second kappa shape index (κ2) is 3.26. The molecule has 4 N–H and O–H groups in total. The van der Waals surface area contributed by atoms with Crippen molar-refractivity contribution >= 4 is 17.5 Å². The van der Waals surface area contributed by atoms with Crippen LogP contribution in [0.1, 0.15) is 0 Å². The van der Waals surface area contributed by atoms with Crippen LogP contribution in [0.2, 0.25) is 0 Å². The van der Waals surface area contributed by atoms with Crippen molar-refractivity contribution in [2.45, 2.75) is 0 Å². The van der Waals surface area contributed by atoms with E-state index in [1.807, 2.05) is 0 Å². The van der Waals surface area contributed by atoms with Gasteiger partial charge in [0.05, 0.1) is 5.69 Å². The van der Waals surface area contributed by atoms with Gasteiger partial charge in [0, 0.05) is 0 Å². The van der Waals surface area contributed by atoms with Gasteiger partial charge in [-0.2, -0.15) is 0 Å². The predicted octanol–water partition coefficient (Wildman–Crippen LogP) is 1.64. The van der Waals surface area contributed by atoms with Gasteiger partial charge in [0.1, 0.15) is 11.5 Å². The number of nitrogen functional groups attached to an aromatic ring is 1. The van der Waals surface area contributed by atoms with Crippen LogP contribution in [0.4, 0.5) is 25.0 Å². The summed E-state index contributed by atoms with van der Waals surface area (Å²) in [5, 5.41) is 9.79. The maximum absolute atomic E-state index is 12.9. The summed E-state index contributed by atoms with van der Waals surface area (Å²) in [7, 11) is 0. The minimum Gasteiger partial charge on any atom is -0.465 e. The molecule has 1 aromatic rings. The van der Waals surface area contributed by atoms with Crippen LogP contribution in [0, 0.1) is 11.6 Å². The largest absolute Gasteiger partial charge is 0.465 e. The Kier molecular flexibility index (Phi) is 2.32. The average Bonchev–Trinajstić information content (AvgIpc) is 2.05. The highest BCUT2D eigenvalue weighted by molar-refractivity contribution is 5.84. The van der Waals surface area contributed by atoms with E-state index in [9.17, 15) is 13.6 Å². The van der Waals surface area contributed by atoms with Crippen LogP contribution in [0.5, 0.6) is 0 Å². The van der Waals surface area contributed by atoms with Crippen LogP contribution in [0.25, 0.3) is 0 Å². The van der Waals surface area contributed by atoms with Crippen molar-refractivity contribution in [3.8, 4) is 0 Å². The second-order valence-electron chi connectivity index (χ2n) is 2.26. The predicted molar refractivity (Wildman–Crippen MR) is 42.4 cm³/mol. The van der Waals surface area contributed by atoms with Gasteiger partial charge in [0.25, 0.3) is 0 Å². The number of carbonyl (C=O) groups is 1. The number of nitrogens with one attached hydrogen (secondary N) is 1. The van der Waals surface area contributed by atoms with Gasteiger partial charge in [-0.05, 0) is 12.1 Å². The van der Waals surface area contributed by atoms with E-state index in [1.165, 1.54) is 0 Å². The molecule has 1 amide bonds. The van der Waals surface area contributed by atoms with Gasteiger partial charge in [-0.1, -0.05) is 0 Å². The molecule has 1 rings (SSSR count). The number of benzene rings is 1. The van der Waals surface area contributed by atoms with Crippen LogP contribution in [0.3, 0.4) is 0 Å². The van der Waals surface area contributed by atoms with Gasteiger partial charge in [0.15, 0.2) is 5.82 Å². The van der Waals surface area contributed by atoms with Gasteiger partial charge in [-0.15, -0.1) is 0 Å². The highest BCUT2D eigenvalue weighted by Gasteiger charge is 2.13. The van der Waals surface area contributed by atoms with E-state index in [1.54, 1.807) is 5.32 Å². The third kappa shape index (κ3) is 1.84. The number of rotatable bonds is 1. The van der Waals surface area contributed by atoms with Crippen molar-refractivity contribution in [1.29, 1.82) is 0 Å². The van der Waals surface area contributed by atoms with Crippen LogP contribution in [-0.4, -0.2) is 11.2 Å². The quantitative estimate of drug-likeness (QED) is 0.586. The molecule has 0 saturated carbocycles. The van der Waals surface area contributed by atoms with Gasteiger partial charge in [0.2, 0.25) is 0 Å². The highest BCUT2D eigenvalue weighted by Crippen LogP contribution is 2.23. The number of halogens is 2. The lowest BCUT2D eigenvalue weighted by atomic mass is 10.2. The van der Waals surface area contributed by atoms with Crippen LogP contribution < -0.4 is 11.1 Å². The summed E-state index contributed by atoms with van der Waals surface area (Å²) in [5.41, 5.74) is 4.02. The molecule has 0 aliphatic carbocycles. The third-order valence-corrected chi connectivity index (χ3v) is 1.35. The molecule has 0 aliphatic heterocycles. The molecule has 1 aromatic carbocycles. The normalized spacial score (nSPS) is 9.69. The zero-order valence-corrected chi connectivity index (χ0v) is 6.34. The summed E-state index contributed by atoms with van der Waals surface area (Å²) < 4.78 is 25.7. The minimum absolute atomic E-state index is 0.315. The molecule has 0 radical (unpaired) electrons. The fourth-order valence-corrected chi connectivity index (χ4v) is 0.790. The second-order valence-corrected chi connectivity index (χ2v) is 2.26. The molecule has 0 spiro atoms. The molecular weight excluding hydrogens is 182 g/mol. The molecule has 0 aromatic heterocycles. The maximum atomic E-state index is 12.9. The van der Waals surface area contributed by atoms with Crippen LogP contribution in [0.15, 0.2) is 12.1 Å². The van der Waals surface area contributed by atoms with Crippen molar-refractivity contribution in [3.63, 3.8) is 0 Å². The summed E-state index contributed by atoms with van der Waals surface area (Å²) in [6.07, 6.45) is -1.55. The molecule has 0 aliphatic rings. The van der Waals surface area contributed by atoms with Gasteiger partial charge < -0.3 is 10.8 Å². The van der Waals surface area contributed by atoms with Crippen LogP contribution in [-0.2, 0) is 0 Å². The number of hydrogen-bond donors (Lipinski definition) is 3. The van der Waals surface area contributed by atoms with E-state index in [4.69, 9.17) is 10.8 Å². The van der Waals surface area contributed by atoms with E-state index in [-0.39, 0.29) is 5.69 Å². The molecule has 0 fully saturated rings. The van der Waals surface area contributed by atoms with Gasteiger partial charge >= 0.3 is 6.09 Å². The Balaban J connectivity index is 3.17. The molecule has 0 heterocycles. The lowest BCUT2D eigenvalue weighted by Crippen LogP contribution is -2.11. The van der Waals surface area contributed by atoms with Crippen molar-refractivity contribution in [3.05, 3.63) is 23.8 Å². The zero-order chi connectivity index (χ0) is 10.0.